The number of hydrogen-bond donors (Lipinski definition) is 2. The number of aromatic nitrogens is 2. The number of hydrazine groups is 1. The number of anilines is 1. The predicted octanol–water partition coefficient (Wildman–Crippen LogP) is 3.41. The van der Waals surface area contributed by atoms with Crippen molar-refractivity contribution in [2.24, 2.45) is 11.6 Å². The first-order chi connectivity index (χ1) is 16.9. The fourth-order valence-electron chi connectivity index (χ4n) is 3.89. The molecule has 1 saturated heterocycles. The summed E-state index contributed by atoms with van der Waals surface area (Å²) >= 11 is 1.68. The Morgan fingerprint density at radius 2 is 2.03 bits per heavy atom. The van der Waals surface area contributed by atoms with E-state index in [1.807, 2.05) is 37.8 Å². The molecule has 0 saturated carbocycles. The van der Waals surface area contributed by atoms with Crippen LogP contribution in [0.3, 0.4) is 0 Å². The van der Waals surface area contributed by atoms with Gasteiger partial charge in [-0.3, -0.25) is 9.63 Å². The number of nitrogens with zero attached hydrogens (tertiary/aromatic N) is 5. The number of nitrogens with two attached hydrogens (primary N) is 2. The molecule has 10 heteroatoms. The summed E-state index contributed by atoms with van der Waals surface area (Å²) in [4.78, 5) is 33.6. The lowest BCUT2D eigenvalue weighted by Crippen LogP contribution is -2.49. The molecule has 0 aromatic carbocycles. The lowest BCUT2D eigenvalue weighted by molar-refractivity contribution is -0.182. The number of fused-ring (bicyclic) bond motifs is 1. The number of aryl methyl sites for hydroxylation is 1. The third kappa shape index (κ3) is 8.36. The summed E-state index contributed by atoms with van der Waals surface area (Å²) in [6.07, 6.45) is 8.81. The van der Waals surface area contributed by atoms with Gasteiger partial charge < -0.3 is 15.5 Å². The van der Waals surface area contributed by atoms with E-state index in [1.54, 1.807) is 23.7 Å². The van der Waals surface area contributed by atoms with E-state index in [2.05, 4.69) is 34.4 Å². The van der Waals surface area contributed by atoms with Gasteiger partial charge in [-0.2, -0.15) is 0 Å². The largest absolute Gasteiger partial charge is 0.352 e. The van der Waals surface area contributed by atoms with Gasteiger partial charge in [-0.05, 0) is 32.8 Å². The molecule has 0 bridgehead atoms. The highest BCUT2D eigenvalue weighted by atomic mass is 32.1. The molecule has 9 nitrogen and oxygen atoms in total. The first-order valence-electron chi connectivity index (χ1n) is 12.3. The van der Waals surface area contributed by atoms with Gasteiger partial charge >= 0.3 is 0 Å². The molecular weight excluding hydrogens is 462 g/mol. The van der Waals surface area contributed by atoms with E-state index in [1.165, 1.54) is 10.0 Å². The maximum Gasteiger partial charge on any atom is 0.222 e. The third-order valence-corrected chi connectivity index (χ3v) is 6.66. The fraction of sp³-hybridized carbons (Fsp3) is 0.560. The van der Waals surface area contributed by atoms with E-state index in [0.717, 1.165) is 29.1 Å². The predicted molar refractivity (Wildman–Crippen MR) is 145 cm³/mol. The Balaban J connectivity index is 0.00000210. The Bertz CT molecular complexity index is 956. The summed E-state index contributed by atoms with van der Waals surface area (Å²) in [7, 11) is 0. The van der Waals surface area contributed by atoms with Crippen molar-refractivity contribution in [2.45, 2.75) is 59.0 Å². The maximum atomic E-state index is 12.7. The van der Waals surface area contributed by atoms with Crippen LogP contribution < -0.4 is 16.5 Å². The highest BCUT2D eigenvalue weighted by molar-refractivity contribution is 7.18. The van der Waals surface area contributed by atoms with Crippen LogP contribution in [0.15, 0.2) is 37.2 Å². The normalized spacial score (nSPS) is 15.9. The van der Waals surface area contributed by atoms with Crippen molar-refractivity contribution < 1.29 is 9.63 Å². The number of hydroxylamine groups is 1. The Kier molecular flexibility index (Phi) is 12.3. The van der Waals surface area contributed by atoms with Gasteiger partial charge in [-0.25, -0.2) is 15.8 Å². The van der Waals surface area contributed by atoms with Crippen molar-refractivity contribution in [1.82, 2.24) is 20.0 Å². The molecule has 2 aromatic rings. The van der Waals surface area contributed by atoms with Gasteiger partial charge in [0.1, 0.15) is 17.0 Å². The molecule has 0 spiro atoms. The molecule has 3 heterocycles. The van der Waals surface area contributed by atoms with E-state index in [-0.39, 0.29) is 18.0 Å². The molecule has 2 atom stereocenters. The SMILES string of the molecule is C=CC(N)CC(/C=C\C)N(N)OCCCC(=O)N1CCN(c2ncnc3sc(C)cc23)CC1.CC. The second kappa shape index (κ2) is 14.9. The van der Waals surface area contributed by atoms with E-state index < -0.39 is 0 Å². The number of allylic oxidation sites excluding steroid dienone is 1. The molecule has 2 aromatic heterocycles. The van der Waals surface area contributed by atoms with Crippen LogP contribution in [0.2, 0.25) is 0 Å². The van der Waals surface area contributed by atoms with Crippen LogP contribution >= 0.6 is 11.3 Å². The van der Waals surface area contributed by atoms with Crippen molar-refractivity contribution in [1.29, 1.82) is 0 Å². The van der Waals surface area contributed by atoms with E-state index in [0.29, 0.717) is 39.0 Å². The average Bonchev–Trinajstić information content (AvgIpc) is 3.27. The number of carbonyl (C=O) groups is 1. The van der Waals surface area contributed by atoms with Crippen molar-refractivity contribution >= 4 is 33.3 Å². The van der Waals surface area contributed by atoms with Crippen LogP contribution in [0.4, 0.5) is 5.82 Å². The molecule has 2 unspecified atom stereocenters. The highest BCUT2D eigenvalue weighted by Crippen LogP contribution is 2.30. The van der Waals surface area contributed by atoms with Gasteiger partial charge in [0.15, 0.2) is 0 Å². The van der Waals surface area contributed by atoms with Gasteiger partial charge in [0, 0.05) is 43.5 Å². The first-order valence-corrected chi connectivity index (χ1v) is 13.2. The van der Waals surface area contributed by atoms with Gasteiger partial charge in [0.2, 0.25) is 5.91 Å². The van der Waals surface area contributed by atoms with Gasteiger partial charge in [-0.1, -0.05) is 32.1 Å². The molecule has 0 aliphatic carbocycles. The van der Waals surface area contributed by atoms with E-state index in [4.69, 9.17) is 16.4 Å². The fourth-order valence-corrected chi connectivity index (χ4v) is 4.74. The zero-order valence-electron chi connectivity index (χ0n) is 21.5. The summed E-state index contributed by atoms with van der Waals surface area (Å²) in [6.45, 7) is 15.0. The van der Waals surface area contributed by atoms with Crippen LogP contribution in [-0.4, -0.2) is 70.8 Å². The Morgan fingerprint density at radius 1 is 1.31 bits per heavy atom. The van der Waals surface area contributed by atoms with Gasteiger partial charge in [-0.15, -0.1) is 23.1 Å². The summed E-state index contributed by atoms with van der Waals surface area (Å²) < 4.78 is 0. The summed E-state index contributed by atoms with van der Waals surface area (Å²) in [5, 5.41) is 2.41. The third-order valence-electron chi connectivity index (χ3n) is 5.70. The number of amides is 1. The number of carbonyl (C=O) groups excluding carboxylic acids is 1. The highest BCUT2D eigenvalue weighted by Gasteiger charge is 2.23. The van der Waals surface area contributed by atoms with Crippen LogP contribution in [0.5, 0.6) is 0 Å². The minimum Gasteiger partial charge on any atom is -0.352 e. The molecule has 3 rings (SSSR count). The van der Waals surface area contributed by atoms with E-state index >= 15 is 0 Å². The smallest absolute Gasteiger partial charge is 0.222 e. The van der Waals surface area contributed by atoms with Crippen molar-refractivity contribution in [3.8, 4) is 0 Å². The molecule has 194 valence electrons. The standard InChI is InChI=1S/C23H35N7O2S.C2H6/c1-4-7-19(15-18(24)5-2)30(25)32-13-6-8-21(31)28-9-11-29(12-10-28)22-20-14-17(3)33-23(20)27-16-26-22;1-2/h4-5,7,14,16,18-19H,2,6,8-13,15,24-25H2,1,3H3;1-2H3/b7-4-;. The molecule has 4 N–H and O–H groups in total. The Morgan fingerprint density at radius 3 is 2.69 bits per heavy atom. The minimum atomic E-state index is -0.164. The molecule has 1 amide bonds. The van der Waals surface area contributed by atoms with E-state index in [9.17, 15) is 4.79 Å². The van der Waals surface area contributed by atoms with Crippen molar-refractivity contribution in [3.05, 3.63) is 42.1 Å². The summed E-state index contributed by atoms with van der Waals surface area (Å²) in [6, 6.07) is 1.83. The quantitative estimate of drug-likeness (QED) is 0.208. The van der Waals surface area contributed by atoms with Crippen LogP contribution in [0.25, 0.3) is 10.2 Å². The summed E-state index contributed by atoms with van der Waals surface area (Å²) in [5.41, 5.74) is 5.94. The first kappa shape index (κ1) is 28.9. The van der Waals surface area contributed by atoms with Gasteiger partial charge in [0.25, 0.3) is 0 Å². The minimum absolute atomic E-state index is 0.139. The zero-order valence-corrected chi connectivity index (χ0v) is 22.3. The topological polar surface area (TPSA) is 114 Å². The molecule has 1 aliphatic rings. The number of hydrogen-bond acceptors (Lipinski definition) is 9. The second-order valence-electron chi connectivity index (χ2n) is 8.17. The molecule has 1 aliphatic heterocycles. The second-order valence-corrected chi connectivity index (χ2v) is 9.40. The Labute approximate surface area is 213 Å². The molecule has 0 radical (unpaired) electrons. The van der Waals surface area contributed by atoms with Crippen LogP contribution in [0, 0.1) is 6.92 Å². The average molecular weight is 504 g/mol. The zero-order chi connectivity index (χ0) is 25.8. The number of thiophene rings is 1. The monoisotopic (exact) mass is 503 g/mol. The molecule has 35 heavy (non-hydrogen) atoms. The van der Waals surface area contributed by atoms with Gasteiger partial charge in [0.05, 0.1) is 18.0 Å². The Hall–Kier alpha value is -2.37. The number of rotatable bonds is 11. The van der Waals surface area contributed by atoms with Crippen molar-refractivity contribution in [2.75, 3.05) is 37.7 Å². The van der Waals surface area contributed by atoms with Crippen molar-refractivity contribution in [3.63, 3.8) is 0 Å². The lowest BCUT2D eigenvalue weighted by atomic mass is 10.1. The van der Waals surface area contributed by atoms with Crippen LogP contribution in [0.1, 0.15) is 44.9 Å². The summed E-state index contributed by atoms with van der Waals surface area (Å²) in [5.74, 6) is 7.13. The molecular formula is C25H41N7O2S. The number of piperazine rings is 1. The maximum absolute atomic E-state index is 12.7. The lowest BCUT2D eigenvalue weighted by Gasteiger charge is -2.35. The van der Waals surface area contributed by atoms with Crippen LogP contribution in [-0.2, 0) is 9.63 Å². The molecule has 1 fully saturated rings.